The molecule has 0 unspecified atom stereocenters. The van der Waals surface area contributed by atoms with E-state index < -0.39 is 34.3 Å². The number of amides is 1. The van der Waals surface area contributed by atoms with Gasteiger partial charge in [0.1, 0.15) is 5.75 Å². The minimum Gasteiger partial charge on any atom is -0.482 e. The highest BCUT2D eigenvalue weighted by molar-refractivity contribution is 7.89. The minimum atomic E-state index is -4.53. The number of hydrogen-bond donors (Lipinski definition) is 2. The Morgan fingerprint density at radius 3 is 2.47 bits per heavy atom. The standard InChI is InChI=1S/C19H20ClF3N2O4S/c1-12(2)10-24-30(27,28)15-6-7-17(16(20)9-15)29-11-18(26)25-14-5-3-4-13(8-14)19(21,22)23/h3-9,12,24H,10-11H2,1-2H3,(H,25,26). The van der Waals surface area contributed by atoms with Gasteiger partial charge in [-0.2, -0.15) is 13.2 Å². The molecule has 0 bridgehead atoms. The van der Waals surface area contributed by atoms with Crippen molar-refractivity contribution in [2.24, 2.45) is 5.92 Å². The fourth-order valence-electron chi connectivity index (χ4n) is 2.24. The second-order valence-corrected chi connectivity index (χ2v) is 8.93. The van der Waals surface area contributed by atoms with Gasteiger partial charge >= 0.3 is 6.18 Å². The molecular formula is C19H20ClF3N2O4S. The van der Waals surface area contributed by atoms with Crippen LogP contribution in [0.4, 0.5) is 18.9 Å². The van der Waals surface area contributed by atoms with E-state index in [0.29, 0.717) is 0 Å². The number of halogens is 4. The van der Waals surface area contributed by atoms with Crippen molar-refractivity contribution in [3.8, 4) is 5.75 Å². The molecule has 0 spiro atoms. The van der Waals surface area contributed by atoms with E-state index in [0.717, 1.165) is 12.1 Å². The average Bonchev–Trinajstić information content (AvgIpc) is 2.65. The fraction of sp³-hybridized carbons (Fsp3) is 0.316. The summed E-state index contributed by atoms with van der Waals surface area (Å²) in [6, 6.07) is 7.92. The minimum absolute atomic E-state index is 0.0331. The Kier molecular flexibility index (Phi) is 7.73. The third-order valence-corrected chi connectivity index (χ3v) is 5.44. The number of rotatable bonds is 8. The van der Waals surface area contributed by atoms with Gasteiger partial charge < -0.3 is 10.1 Å². The molecule has 0 aliphatic carbocycles. The molecule has 0 atom stereocenters. The first kappa shape index (κ1) is 24.0. The number of anilines is 1. The molecule has 164 valence electrons. The summed E-state index contributed by atoms with van der Waals surface area (Å²) in [5, 5.41) is 2.26. The van der Waals surface area contributed by atoms with E-state index in [1.54, 1.807) is 0 Å². The van der Waals surface area contributed by atoms with Gasteiger partial charge in [0.2, 0.25) is 10.0 Å². The zero-order valence-electron chi connectivity index (χ0n) is 16.1. The summed E-state index contributed by atoms with van der Waals surface area (Å²) < 4.78 is 70.3. The van der Waals surface area contributed by atoms with Crippen LogP contribution in [0.3, 0.4) is 0 Å². The zero-order chi connectivity index (χ0) is 22.5. The van der Waals surface area contributed by atoms with Gasteiger partial charge in [0.05, 0.1) is 15.5 Å². The highest BCUT2D eigenvalue weighted by Gasteiger charge is 2.30. The highest BCUT2D eigenvalue weighted by Crippen LogP contribution is 2.31. The third-order valence-electron chi connectivity index (χ3n) is 3.73. The summed E-state index contributed by atoms with van der Waals surface area (Å²) in [7, 11) is -3.74. The predicted molar refractivity (Wildman–Crippen MR) is 107 cm³/mol. The molecule has 0 saturated heterocycles. The highest BCUT2D eigenvalue weighted by atomic mass is 35.5. The summed E-state index contributed by atoms with van der Waals surface area (Å²) in [4.78, 5) is 11.9. The van der Waals surface area contributed by atoms with Gasteiger partial charge in [-0.15, -0.1) is 0 Å². The molecular weight excluding hydrogens is 445 g/mol. The maximum absolute atomic E-state index is 12.7. The number of hydrogen-bond acceptors (Lipinski definition) is 4. The van der Waals surface area contributed by atoms with Crippen molar-refractivity contribution < 1.29 is 31.1 Å². The first-order valence-corrected chi connectivity index (χ1v) is 10.6. The Balaban J connectivity index is 2.00. The lowest BCUT2D eigenvalue weighted by molar-refractivity contribution is -0.137. The van der Waals surface area contributed by atoms with Gasteiger partial charge in [0, 0.05) is 12.2 Å². The Labute approximate surface area is 177 Å². The van der Waals surface area contributed by atoms with E-state index in [1.165, 1.54) is 30.3 Å². The molecule has 0 aromatic heterocycles. The number of sulfonamides is 1. The molecule has 2 aromatic rings. The Morgan fingerprint density at radius 1 is 1.17 bits per heavy atom. The van der Waals surface area contributed by atoms with Crippen LogP contribution in [0.5, 0.6) is 5.75 Å². The molecule has 6 nitrogen and oxygen atoms in total. The first-order chi connectivity index (χ1) is 13.9. The number of benzene rings is 2. The van der Waals surface area contributed by atoms with Crippen LogP contribution >= 0.6 is 11.6 Å². The van der Waals surface area contributed by atoms with E-state index in [2.05, 4.69) is 10.0 Å². The average molecular weight is 465 g/mol. The van der Waals surface area contributed by atoms with Crippen LogP contribution in [0, 0.1) is 5.92 Å². The third kappa shape index (κ3) is 6.89. The SMILES string of the molecule is CC(C)CNS(=O)(=O)c1ccc(OCC(=O)Nc2cccc(C(F)(F)F)c2)c(Cl)c1. The van der Waals surface area contributed by atoms with E-state index in [9.17, 15) is 26.4 Å². The summed E-state index contributed by atoms with van der Waals surface area (Å²) in [6.45, 7) is 3.44. The topological polar surface area (TPSA) is 84.5 Å². The van der Waals surface area contributed by atoms with Gasteiger partial charge in [-0.25, -0.2) is 13.1 Å². The smallest absolute Gasteiger partial charge is 0.416 e. The van der Waals surface area contributed by atoms with Gasteiger partial charge in [-0.3, -0.25) is 4.79 Å². The number of carbonyl (C=O) groups is 1. The summed E-state index contributed by atoms with van der Waals surface area (Å²) in [5.74, 6) is -0.535. The first-order valence-electron chi connectivity index (χ1n) is 8.77. The largest absolute Gasteiger partial charge is 0.482 e. The lowest BCUT2D eigenvalue weighted by Gasteiger charge is -2.12. The monoisotopic (exact) mass is 464 g/mol. The van der Waals surface area contributed by atoms with E-state index in [1.807, 2.05) is 13.8 Å². The van der Waals surface area contributed by atoms with Crippen molar-refractivity contribution in [3.63, 3.8) is 0 Å². The number of carbonyl (C=O) groups excluding carboxylic acids is 1. The van der Waals surface area contributed by atoms with Crippen molar-refractivity contribution in [3.05, 3.63) is 53.1 Å². The van der Waals surface area contributed by atoms with Gasteiger partial charge in [0.25, 0.3) is 5.91 Å². The summed E-state index contributed by atoms with van der Waals surface area (Å²) in [5.41, 5.74) is -0.936. The van der Waals surface area contributed by atoms with Crippen LogP contribution in [0.2, 0.25) is 5.02 Å². The second-order valence-electron chi connectivity index (χ2n) is 6.75. The van der Waals surface area contributed by atoms with Crippen molar-refractivity contribution in [2.75, 3.05) is 18.5 Å². The number of alkyl halides is 3. The predicted octanol–water partition coefficient (Wildman–Crippen LogP) is 4.31. The van der Waals surface area contributed by atoms with Crippen LogP contribution in [-0.2, 0) is 21.0 Å². The maximum Gasteiger partial charge on any atom is 0.416 e. The molecule has 0 radical (unpaired) electrons. The molecule has 1 amide bonds. The molecule has 0 aliphatic rings. The second kappa shape index (κ2) is 9.67. The van der Waals surface area contributed by atoms with Crippen LogP contribution in [0.15, 0.2) is 47.4 Å². The fourth-order valence-corrected chi connectivity index (χ4v) is 3.78. The van der Waals surface area contributed by atoms with Crippen LogP contribution < -0.4 is 14.8 Å². The maximum atomic E-state index is 12.7. The lowest BCUT2D eigenvalue weighted by Crippen LogP contribution is -2.27. The number of nitrogens with one attached hydrogen (secondary N) is 2. The zero-order valence-corrected chi connectivity index (χ0v) is 17.7. The Morgan fingerprint density at radius 2 is 1.87 bits per heavy atom. The van der Waals surface area contributed by atoms with Crippen molar-refractivity contribution in [1.29, 1.82) is 0 Å². The molecule has 30 heavy (non-hydrogen) atoms. The quantitative estimate of drug-likeness (QED) is 0.609. The molecule has 0 aliphatic heterocycles. The van der Waals surface area contributed by atoms with Crippen molar-refractivity contribution in [1.82, 2.24) is 4.72 Å². The molecule has 2 rings (SSSR count). The summed E-state index contributed by atoms with van der Waals surface area (Å²) >= 11 is 6.04. The van der Waals surface area contributed by atoms with Crippen LogP contribution in [0.25, 0.3) is 0 Å². The lowest BCUT2D eigenvalue weighted by atomic mass is 10.2. The molecule has 0 fully saturated rings. The molecule has 0 heterocycles. The molecule has 2 N–H and O–H groups in total. The Bertz CT molecular complexity index is 1010. The van der Waals surface area contributed by atoms with Gasteiger partial charge in [-0.1, -0.05) is 31.5 Å². The van der Waals surface area contributed by atoms with E-state index in [-0.39, 0.29) is 33.8 Å². The Hall–Kier alpha value is -2.30. The molecule has 2 aromatic carbocycles. The van der Waals surface area contributed by atoms with Crippen LogP contribution in [-0.4, -0.2) is 27.5 Å². The van der Waals surface area contributed by atoms with Crippen molar-refractivity contribution >= 4 is 33.2 Å². The normalized spacial score (nSPS) is 12.1. The summed E-state index contributed by atoms with van der Waals surface area (Å²) in [6.07, 6.45) is -4.53. The number of ether oxygens (including phenoxy) is 1. The van der Waals surface area contributed by atoms with E-state index >= 15 is 0 Å². The van der Waals surface area contributed by atoms with Gasteiger partial charge in [0.15, 0.2) is 6.61 Å². The van der Waals surface area contributed by atoms with Crippen molar-refractivity contribution in [2.45, 2.75) is 24.9 Å². The van der Waals surface area contributed by atoms with Crippen LogP contribution in [0.1, 0.15) is 19.4 Å². The van der Waals surface area contributed by atoms with E-state index in [4.69, 9.17) is 16.3 Å². The molecule has 0 saturated carbocycles. The molecule has 11 heteroatoms. The van der Waals surface area contributed by atoms with Gasteiger partial charge in [-0.05, 0) is 42.3 Å².